The summed E-state index contributed by atoms with van der Waals surface area (Å²) in [6, 6.07) is -0.520. The summed E-state index contributed by atoms with van der Waals surface area (Å²) in [5.74, 6) is -1.43. The molecule has 0 saturated carbocycles. The van der Waals surface area contributed by atoms with Crippen LogP contribution in [0.3, 0.4) is 0 Å². The van der Waals surface area contributed by atoms with E-state index in [1.165, 1.54) is 17.1 Å². The van der Waals surface area contributed by atoms with Gasteiger partial charge in [0.2, 0.25) is 0 Å². The lowest BCUT2D eigenvalue weighted by Crippen LogP contribution is -2.36. The van der Waals surface area contributed by atoms with E-state index in [2.05, 4.69) is 0 Å². The number of carboxylic acid groups (broad SMARTS) is 1. The van der Waals surface area contributed by atoms with Crippen LogP contribution < -0.4 is 0 Å². The second-order valence-electron chi connectivity index (χ2n) is 4.47. The molecule has 0 aromatic heterocycles. The minimum Gasteiger partial charge on any atom is -0.480 e. The molecule has 2 amide bonds. The molecule has 1 atom stereocenters. The maximum absolute atomic E-state index is 11.2. The highest BCUT2D eigenvalue weighted by atomic mass is 16.4. The molecule has 100 valence electrons. The highest BCUT2D eigenvalue weighted by molar-refractivity contribution is 6.12. The lowest BCUT2D eigenvalue weighted by molar-refractivity contribution is -0.143. The van der Waals surface area contributed by atoms with Gasteiger partial charge in [0.15, 0.2) is 0 Å². The number of carboxylic acids is 1. The summed E-state index contributed by atoms with van der Waals surface area (Å²) in [5, 5.41) is 8.97. The Morgan fingerprint density at radius 3 is 2.28 bits per heavy atom. The van der Waals surface area contributed by atoms with Crippen molar-refractivity contribution < 1.29 is 19.5 Å². The lowest BCUT2D eigenvalue weighted by Gasteiger charge is -2.20. The predicted octanol–water partition coefficient (Wildman–Crippen LogP) is 0.0965. The number of unbranched alkanes of at least 4 members (excludes halogenated alkanes) is 1. The summed E-state index contributed by atoms with van der Waals surface area (Å²) in [6.45, 7) is 0.352. The minimum absolute atomic E-state index is 0.289. The van der Waals surface area contributed by atoms with Crippen molar-refractivity contribution in [2.75, 3.05) is 20.6 Å². The molecule has 0 unspecified atom stereocenters. The number of carbonyl (C=O) groups is 3. The summed E-state index contributed by atoms with van der Waals surface area (Å²) < 4.78 is 0. The first kappa shape index (κ1) is 14.4. The Bertz CT molecular complexity index is 358. The van der Waals surface area contributed by atoms with E-state index in [1.54, 1.807) is 19.0 Å². The van der Waals surface area contributed by atoms with E-state index in [-0.39, 0.29) is 11.8 Å². The smallest absolute Gasteiger partial charge is 0.320 e. The molecule has 0 aliphatic carbocycles. The van der Waals surface area contributed by atoms with Crippen LogP contribution in [0.1, 0.15) is 19.3 Å². The third-order valence-corrected chi connectivity index (χ3v) is 2.92. The van der Waals surface area contributed by atoms with Gasteiger partial charge in [0.05, 0.1) is 0 Å². The Labute approximate surface area is 106 Å². The van der Waals surface area contributed by atoms with Gasteiger partial charge in [-0.1, -0.05) is 0 Å². The van der Waals surface area contributed by atoms with Gasteiger partial charge in [-0.05, 0) is 33.4 Å². The maximum atomic E-state index is 11.2. The Morgan fingerprint density at radius 1 is 1.28 bits per heavy atom. The van der Waals surface area contributed by atoms with E-state index in [1.807, 2.05) is 0 Å². The van der Waals surface area contributed by atoms with Crippen LogP contribution in [0.2, 0.25) is 0 Å². The number of rotatable bonds is 7. The largest absolute Gasteiger partial charge is 0.480 e. The molecule has 0 aromatic carbocycles. The van der Waals surface area contributed by atoms with Crippen LogP contribution in [-0.4, -0.2) is 59.4 Å². The molecule has 0 radical (unpaired) electrons. The fraction of sp³-hybridized carbons (Fsp3) is 0.583. The van der Waals surface area contributed by atoms with Gasteiger partial charge in [0, 0.05) is 18.7 Å². The number of carbonyl (C=O) groups excluding carboxylic acids is 2. The quantitative estimate of drug-likeness (QED) is 0.515. The van der Waals surface area contributed by atoms with Crippen LogP contribution in [-0.2, 0) is 14.4 Å². The van der Waals surface area contributed by atoms with Crippen LogP contribution in [0.5, 0.6) is 0 Å². The highest BCUT2D eigenvalue weighted by Crippen LogP contribution is 2.09. The topological polar surface area (TPSA) is 77.9 Å². The lowest BCUT2D eigenvalue weighted by atomic mass is 10.1. The molecule has 6 heteroatoms. The van der Waals surface area contributed by atoms with Gasteiger partial charge < -0.3 is 5.11 Å². The fourth-order valence-electron chi connectivity index (χ4n) is 1.86. The van der Waals surface area contributed by atoms with Crippen LogP contribution in [0.25, 0.3) is 0 Å². The summed E-state index contributed by atoms with van der Waals surface area (Å²) in [5.41, 5.74) is 0. The third-order valence-electron chi connectivity index (χ3n) is 2.92. The summed E-state index contributed by atoms with van der Waals surface area (Å²) in [7, 11) is 3.44. The van der Waals surface area contributed by atoms with Crippen molar-refractivity contribution in [3.05, 3.63) is 12.2 Å². The van der Waals surface area contributed by atoms with E-state index < -0.39 is 12.0 Å². The molecule has 1 rings (SSSR count). The van der Waals surface area contributed by atoms with Gasteiger partial charge >= 0.3 is 5.97 Å². The number of likely N-dealkylation sites (N-methyl/N-ethyl adjacent to an activating group) is 1. The SMILES string of the molecule is CN(C)[C@@H](CCCCN1C(=O)C=CC1=O)C(=O)O. The Balaban J connectivity index is 2.28. The molecule has 0 bridgehead atoms. The van der Waals surface area contributed by atoms with Gasteiger partial charge in [-0.25, -0.2) is 0 Å². The average molecular weight is 254 g/mol. The van der Waals surface area contributed by atoms with E-state index in [9.17, 15) is 14.4 Å². The van der Waals surface area contributed by atoms with E-state index in [4.69, 9.17) is 5.11 Å². The summed E-state index contributed by atoms with van der Waals surface area (Å²) in [4.78, 5) is 36.2. The Hall–Kier alpha value is -1.69. The van der Waals surface area contributed by atoms with Crippen molar-refractivity contribution >= 4 is 17.8 Å². The molecule has 18 heavy (non-hydrogen) atoms. The summed E-state index contributed by atoms with van der Waals surface area (Å²) in [6.07, 6.45) is 4.29. The first-order valence-electron chi connectivity index (χ1n) is 5.86. The van der Waals surface area contributed by atoms with Gasteiger partial charge in [0.25, 0.3) is 11.8 Å². The second-order valence-corrected chi connectivity index (χ2v) is 4.47. The molecule has 0 spiro atoms. The maximum Gasteiger partial charge on any atom is 0.320 e. The zero-order valence-corrected chi connectivity index (χ0v) is 10.6. The molecule has 0 fully saturated rings. The molecule has 0 aromatic rings. The number of amides is 2. The third kappa shape index (κ3) is 3.66. The van der Waals surface area contributed by atoms with Crippen LogP contribution in [0.15, 0.2) is 12.2 Å². The van der Waals surface area contributed by atoms with Crippen LogP contribution in [0.4, 0.5) is 0 Å². The van der Waals surface area contributed by atoms with Crippen molar-refractivity contribution in [3.63, 3.8) is 0 Å². The predicted molar refractivity (Wildman–Crippen MR) is 64.8 cm³/mol. The van der Waals surface area contributed by atoms with Gasteiger partial charge in [0.1, 0.15) is 6.04 Å². The fourth-order valence-corrected chi connectivity index (χ4v) is 1.86. The minimum atomic E-state index is -0.852. The van der Waals surface area contributed by atoms with Gasteiger partial charge in [-0.2, -0.15) is 0 Å². The zero-order valence-electron chi connectivity index (χ0n) is 10.6. The molecule has 1 N–H and O–H groups in total. The normalized spacial score (nSPS) is 16.7. The number of imide groups is 1. The van der Waals surface area contributed by atoms with Gasteiger partial charge in [-0.3, -0.25) is 24.2 Å². The molecule has 0 saturated heterocycles. The van der Waals surface area contributed by atoms with Gasteiger partial charge in [-0.15, -0.1) is 0 Å². The van der Waals surface area contributed by atoms with Crippen molar-refractivity contribution in [3.8, 4) is 0 Å². The molecular formula is C12H18N2O4. The summed E-state index contributed by atoms with van der Waals surface area (Å²) >= 11 is 0. The van der Waals surface area contributed by atoms with Crippen molar-refractivity contribution in [2.45, 2.75) is 25.3 Å². The van der Waals surface area contributed by atoms with Crippen LogP contribution in [0, 0.1) is 0 Å². The zero-order chi connectivity index (χ0) is 13.7. The van der Waals surface area contributed by atoms with E-state index >= 15 is 0 Å². The molecule has 1 aliphatic rings. The second kappa shape index (κ2) is 6.30. The number of hydrogen-bond acceptors (Lipinski definition) is 4. The number of hydrogen-bond donors (Lipinski definition) is 1. The van der Waals surface area contributed by atoms with Crippen LogP contribution >= 0.6 is 0 Å². The molecule has 1 aliphatic heterocycles. The highest BCUT2D eigenvalue weighted by Gasteiger charge is 2.23. The number of aliphatic carboxylic acids is 1. The standard InChI is InChI=1S/C12H18N2O4/c1-13(2)9(12(17)18)5-3-4-8-14-10(15)6-7-11(14)16/h6-7,9H,3-5,8H2,1-2H3,(H,17,18)/t9-/m0/s1. The van der Waals surface area contributed by atoms with Crippen molar-refractivity contribution in [1.82, 2.24) is 9.80 Å². The monoisotopic (exact) mass is 254 g/mol. The Morgan fingerprint density at radius 2 is 1.83 bits per heavy atom. The molecular weight excluding hydrogens is 236 g/mol. The van der Waals surface area contributed by atoms with E-state index in [0.717, 1.165) is 0 Å². The molecule has 6 nitrogen and oxygen atoms in total. The van der Waals surface area contributed by atoms with Crippen molar-refractivity contribution in [2.24, 2.45) is 0 Å². The van der Waals surface area contributed by atoms with Crippen molar-refractivity contribution in [1.29, 1.82) is 0 Å². The Kier molecular flexibility index (Phi) is 5.03. The first-order chi connectivity index (χ1) is 8.43. The average Bonchev–Trinajstić information content (AvgIpc) is 2.58. The number of nitrogens with zero attached hydrogens (tertiary/aromatic N) is 2. The first-order valence-corrected chi connectivity index (χ1v) is 5.86. The molecule has 1 heterocycles. The van der Waals surface area contributed by atoms with E-state index in [0.29, 0.717) is 25.8 Å².